The van der Waals surface area contributed by atoms with E-state index in [9.17, 15) is 13.2 Å². The van der Waals surface area contributed by atoms with Gasteiger partial charge >= 0.3 is 6.03 Å². The summed E-state index contributed by atoms with van der Waals surface area (Å²) in [5, 5.41) is 4.72. The van der Waals surface area contributed by atoms with E-state index < -0.39 is 16.1 Å². The van der Waals surface area contributed by atoms with Gasteiger partial charge in [0.25, 0.3) is 10.0 Å². The lowest BCUT2D eigenvalue weighted by molar-refractivity contribution is 0.246. The molecule has 1 heterocycles. The van der Waals surface area contributed by atoms with Crippen LogP contribution in [0.5, 0.6) is 0 Å². The molecule has 0 unspecified atom stereocenters. The van der Waals surface area contributed by atoms with Gasteiger partial charge in [-0.05, 0) is 19.1 Å². The number of nitrogen functional groups attached to an aromatic ring is 1. The second-order valence-electron chi connectivity index (χ2n) is 4.60. The molecule has 0 bridgehead atoms. The molecular weight excluding hydrogens is 324 g/mol. The van der Waals surface area contributed by atoms with Gasteiger partial charge in [-0.2, -0.15) is 0 Å². The van der Waals surface area contributed by atoms with Crippen LogP contribution in [0.4, 0.5) is 9.93 Å². The van der Waals surface area contributed by atoms with Crippen molar-refractivity contribution in [2.75, 3.05) is 12.3 Å². The summed E-state index contributed by atoms with van der Waals surface area (Å²) < 4.78 is 25.9. The van der Waals surface area contributed by atoms with Crippen molar-refractivity contribution in [2.24, 2.45) is 0 Å². The summed E-state index contributed by atoms with van der Waals surface area (Å²) in [4.78, 5) is 15.7. The van der Waals surface area contributed by atoms with Gasteiger partial charge in [-0.1, -0.05) is 17.7 Å². The molecule has 2 aromatic rings. The van der Waals surface area contributed by atoms with E-state index in [1.807, 2.05) is 11.6 Å². The van der Waals surface area contributed by atoms with Crippen molar-refractivity contribution in [2.45, 2.75) is 18.2 Å². The lowest BCUT2D eigenvalue weighted by Crippen LogP contribution is -2.40. The molecule has 2 rings (SSSR count). The Labute approximate surface area is 132 Å². The molecular formula is C13H16N4O3S2. The largest absolute Gasteiger partial charge is 0.375 e. The van der Waals surface area contributed by atoms with E-state index in [-0.39, 0.29) is 11.4 Å². The molecule has 4 N–H and O–H groups in total. The summed E-state index contributed by atoms with van der Waals surface area (Å²) in [7, 11) is -3.86. The van der Waals surface area contributed by atoms with Crippen molar-refractivity contribution >= 4 is 32.5 Å². The Bertz CT molecular complexity index is 754. The van der Waals surface area contributed by atoms with Crippen molar-refractivity contribution in [3.05, 3.63) is 40.9 Å². The van der Waals surface area contributed by atoms with E-state index in [1.54, 1.807) is 17.5 Å². The van der Waals surface area contributed by atoms with Crippen LogP contribution in [0.3, 0.4) is 0 Å². The Kier molecular flexibility index (Phi) is 4.99. The number of urea groups is 1. The van der Waals surface area contributed by atoms with Gasteiger partial charge < -0.3 is 11.1 Å². The minimum absolute atomic E-state index is 0.0422. The van der Waals surface area contributed by atoms with Crippen molar-refractivity contribution in [3.63, 3.8) is 0 Å². The van der Waals surface area contributed by atoms with Crippen molar-refractivity contribution in [1.82, 2.24) is 15.0 Å². The first-order valence-corrected chi connectivity index (χ1v) is 8.80. The molecule has 1 aromatic carbocycles. The van der Waals surface area contributed by atoms with Crippen LogP contribution in [-0.4, -0.2) is 26.0 Å². The second-order valence-corrected chi connectivity index (χ2v) is 7.17. The molecule has 0 aliphatic heterocycles. The summed E-state index contributed by atoms with van der Waals surface area (Å²) in [6.45, 7) is 2.11. The number of carbonyl (C=O) groups excluding carboxylic acids is 1. The number of hydrogen-bond acceptors (Lipinski definition) is 6. The molecule has 0 fully saturated rings. The number of carbonyl (C=O) groups is 1. The number of anilines is 1. The van der Waals surface area contributed by atoms with Crippen LogP contribution in [0.1, 0.15) is 11.3 Å². The van der Waals surface area contributed by atoms with Gasteiger partial charge in [0.05, 0.1) is 10.6 Å². The summed E-state index contributed by atoms with van der Waals surface area (Å²) in [6.07, 6.45) is 0.478. The average Bonchev–Trinajstić information content (AvgIpc) is 2.84. The first-order valence-electron chi connectivity index (χ1n) is 6.44. The first-order chi connectivity index (χ1) is 10.4. The van der Waals surface area contributed by atoms with E-state index in [4.69, 9.17) is 5.73 Å². The number of benzene rings is 1. The third-order valence-electron chi connectivity index (χ3n) is 2.79. The van der Waals surface area contributed by atoms with Crippen molar-refractivity contribution < 1.29 is 13.2 Å². The molecule has 0 radical (unpaired) electrons. The number of amides is 2. The highest BCUT2D eigenvalue weighted by Gasteiger charge is 2.16. The fraction of sp³-hybridized carbons (Fsp3) is 0.231. The zero-order chi connectivity index (χ0) is 16.2. The predicted molar refractivity (Wildman–Crippen MR) is 85.1 cm³/mol. The minimum atomic E-state index is -3.86. The lowest BCUT2D eigenvalue weighted by Gasteiger charge is -2.08. The molecule has 22 heavy (non-hydrogen) atoms. The molecule has 118 valence electrons. The number of sulfonamides is 1. The number of aromatic nitrogens is 1. The van der Waals surface area contributed by atoms with E-state index in [2.05, 4.69) is 10.3 Å². The van der Waals surface area contributed by atoms with Crippen LogP contribution in [0.25, 0.3) is 0 Å². The molecule has 0 aliphatic carbocycles. The van der Waals surface area contributed by atoms with Crippen LogP contribution in [0.15, 0.2) is 34.5 Å². The third-order valence-corrected chi connectivity index (χ3v) is 4.86. The van der Waals surface area contributed by atoms with Gasteiger partial charge in [-0.25, -0.2) is 22.9 Å². The number of aryl methyl sites for hydroxylation is 1. The average molecular weight is 340 g/mol. The first kappa shape index (κ1) is 16.2. The number of rotatable bonds is 5. The quantitative estimate of drug-likeness (QED) is 0.758. The molecule has 0 spiro atoms. The molecule has 0 aliphatic rings. The fourth-order valence-electron chi connectivity index (χ4n) is 1.68. The molecule has 0 saturated heterocycles. The summed E-state index contributed by atoms with van der Waals surface area (Å²) in [5.74, 6) is 0. The van der Waals surface area contributed by atoms with Gasteiger partial charge in [0.15, 0.2) is 5.13 Å². The molecule has 1 aromatic heterocycles. The Morgan fingerprint density at radius 3 is 2.59 bits per heavy atom. The van der Waals surface area contributed by atoms with Crippen LogP contribution in [0.2, 0.25) is 0 Å². The van der Waals surface area contributed by atoms with Gasteiger partial charge in [0.2, 0.25) is 0 Å². The predicted octanol–water partition coefficient (Wildman–Crippen LogP) is 1.26. The highest BCUT2D eigenvalue weighted by Crippen LogP contribution is 2.11. The number of nitrogens with zero attached hydrogens (tertiary/aromatic N) is 1. The van der Waals surface area contributed by atoms with Crippen LogP contribution >= 0.6 is 11.3 Å². The van der Waals surface area contributed by atoms with Gasteiger partial charge in [0.1, 0.15) is 0 Å². The number of thiazole rings is 1. The van der Waals surface area contributed by atoms with Crippen molar-refractivity contribution in [1.29, 1.82) is 0 Å². The van der Waals surface area contributed by atoms with E-state index in [0.29, 0.717) is 11.6 Å². The highest BCUT2D eigenvalue weighted by atomic mass is 32.2. The topological polar surface area (TPSA) is 114 Å². The van der Waals surface area contributed by atoms with E-state index in [0.717, 1.165) is 11.3 Å². The van der Waals surface area contributed by atoms with Crippen LogP contribution < -0.4 is 15.8 Å². The molecule has 0 saturated carbocycles. The Morgan fingerprint density at radius 1 is 1.32 bits per heavy atom. The minimum Gasteiger partial charge on any atom is -0.375 e. The molecule has 9 heteroatoms. The SMILES string of the molecule is Cc1ccc(S(=O)(=O)NC(=O)NCCc2csc(N)n2)cc1. The van der Waals surface area contributed by atoms with Crippen LogP contribution in [0, 0.1) is 6.92 Å². The Balaban J connectivity index is 1.86. The zero-order valence-electron chi connectivity index (χ0n) is 11.9. The smallest absolute Gasteiger partial charge is 0.328 e. The monoisotopic (exact) mass is 340 g/mol. The standard InChI is InChI=1S/C13H16N4O3S2/c1-9-2-4-11(5-3-9)22(19,20)17-13(18)15-7-6-10-8-21-12(14)16-10/h2-5,8H,6-7H2,1H3,(H2,14,16)(H2,15,17,18). The fourth-order valence-corrected chi connectivity index (χ4v) is 3.20. The maximum atomic E-state index is 12.0. The molecule has 7 nitrogen and oxygen atoms in total. The van der Waals surface area contributed by atoms with Gasteiger partial charge in [0, 0.05) is 18.3 Å². The summed E-state index contributed by atoms with van der Waals surface area (Å²) in [5.41, 5.74) is 7.19. The summed E-state index contributed by atoms with van der Waals surface area (Å²) >= 11 is 1.31. The van der Waals surface area contributed by atoms with E-state index >= 15 is 0 Å². The van der Waals surface area contributed by atoms with E-state index in [1.165, 1.54) is 23.5 Å². The molecule has 0 atom stereocenters. The highest BCUT2D eigenvalue weighted by molar-refractivity contribution is 7.90. The normalized spacial score (nSPS) is 11.1. The Hall–Kier alpha value is -2.13. The number of nitrogens with one attached hydrogen (secondary N) is 2. The van der Waals surface area contributed by atoms with Crippen LogP contribution in [-0.2, 0) is 16.4 Å². The third kappa shape index (κ3) is 4.43. The zero-order valence-corrected chi connectivity index (χ0v) is 13.5. The van der Waals surface area contributed by atoms with Crippen molar-refractivity contribution in [3.8, 4) is 0 Å². The Morgan fingerprint density at radius 2 is 2.00 bits per heavy atom. The van der Waals surface area contributed by atoms with Gasteiger partial charge in [-0.15, -0.1) is 11.3 Å². The summed E-state index contributed by atoms with van der Waals surface area (Å²) in [6, 6.07) is 5.45. The number of hydrogen-bond donors (Lipinski definition) is 3. The maximum absolute atomic E-state index is 12.0. The van der Waals surface area contributed by atoms with Gasteiger partial charge in [-0.3, -0.25) is 0 Å². The maximum Gasteiger partial charge on any atom is 0.328 e. The molecule has 2 amide bonds. The lowest BCUT2D eigenvalue weighted by atomic mass is 10.2. The number of nitrogens with two attached hydrogens (primary N) is 1. The second kappa shape index (κ2) is 6.75.